The van der Waals surface area contributed by atoms with Gasteiger partial charge in [0.25, 0.3) is 5.91 Å². The molecule has 1 atom stereocenters. The zero-order valence-corrected chi connectivity index (χ0v) is 16.3. The van der Waals surface area contributed by atoms with Crippen molar-refractivity contribution in [1.82, 2.24) is 14.8 Å². The molecular weight excluding hydrogens is 384 g/mol. The van der Waals surface area contributed by atoms with E-state index in [1.54, 1.807) is 23.8 Å². The van der Waals surface area contributed by atoms with Gasteiger partial charge in [0.2, 0.25) is 11.9 Å². The first-order valence-electron chi connectivity index (χ1n) is 8.65. The van der Waals surface area contributed by atoms with Gasteiger partial charge < -0.3 is 0 Å². The van der Waals surface area contributed by atoms with Crippen molar-refractivity contribution in [2.45, 2.75) is 13.0 Å². The smallest absolute Gasteiger partial charge is 0.296 e. The van der Waals surface area contributed by atoms with Crippen LogP contribution in [0.5, 0.6) is 0 Å². The molecule has 3 amide bonds. The van der Waals surface area contributed by atoms with Gasteiger partial charge in [-0.25, -0.2) is 9.37 Å². The number of imide groups is 1. The van der Waals surface area contributed by atoms with Crippen molar-refractivity contribution in [1.29, 1.82) is 0 Å². The topological polar surface area (TPSA) is 88.7 Å². The Bertz CT molecular complexity index is 997. The summed E-state index contributed by atoms with van der Waals surface area (Å²) >= 11 is 5.98. The molecular formula is C18H18ClN6O3+. The van der Waals surface area contributed by atoms with Gasteiger partial charge in [-0.2, -0.15) is 0 Å². The Morgan fingerprint density at radius 1 is 1.21 bits per heavy atom. The van der Waals surface area contributed by atoms with Gasteiger partial charge in [-0.05, 0) is 19.1 Å². The molecule has 0 radical (unpaired) electrons. The third kappa shape index (κ3) is 2.78. The molecule has 9 nitrogen and oxygen atoms in total. The van der Waals surface area contributed by atoms with Gasteiger partial charge in [0.05, 0.1) is 0 Å². The third-order valence-electron chi connectivity index (χ3n) is 4.85. The van der Waals surface area contributed by atoms with Crippen molar-refractivity contribution in [3.05, 3.63) is 34.9 Å². The number of urea groups is 1. The van der Waals surface area contributed by atoms with E-state index < -0.39 is 12.1 Å². The first-order chi connectivity index (χ1) is 13.3. The number of amides is 3. The zero-order chi connectivity index (χ0) is 20.2. The van der Waals surface area contributed by atoms with Gasteiger partial charge in [-0.3, -0.25) is 19.4 Å². The number of aliphatic imine (C=N–C) groups is 1. The summed E-state index contributed by atoms with van der Waals surface area (Å²) < 4.78 is 1.77. The van der Waals surface area contributed by atoms with Crippen LogP contribution in [0.4, 0.5) is 4.79 Å². The number of likely N-dealkylation sites (N-methyl/N-ethyl adjacent to an activating group) is 2. The summed E-state index contributed by atoms with van der Waals surface area (Å²) in [5, 5.41) is 6.66. The fourth-order valence-corrected chi connectivity index (χ4v) is 3.57. The average molecular weight is 402 g/mol. The van der Waals surface area contributed by atoms with Crippen molar-refractivity contribution in [3.63, 3.8) is 0 Å². The fraction of sp³-hybridized carbons (Fsp3) is 0.333. The number of hydrogen-bond donors (Lipinski definition) is 0. The number of nitrogens with zero attached hydrogens (tertiary/aromatic N) is 6. The fourth-order valence-electron chi connectivity index (χ4n) is 3.45. The molecule has 3 aliphatic heterocycles. The molecule has 3 aliphatic rings. The second-order valence-electron chi connectivity index (χ2n) is 6.85. The monoisotopic (exact) mass is 401 g/mol. The molecule has 1 unspecified atom stereocenters. The molecule has 0 aromatic heterocycles. The van der Waals surface area contributed by atoms with Crippen LogP contribution in [0.15, 0.2) is 34.4 Å². The molecule has 0 spiro atoms. The Balaban J connectivity index is 1.77. The zero-order valence-electron chi connectivity index (χ0n) is 15.6. The van der Waals surface area contributed by atoms with Crippen LogP contribution in [0.3, 0.4) is 0 Å². The number of rotatable bonds is 3. The number of hydrogen-bond acceptors (Lipinski definition) is 6. The maximum atomic E-state index is 12.8. The maximum absolute atomic E-state index is 12.8. The van der Waals surface area contributed by atoms with Gasteiger partial charge in [0, 0.05) is 24.7 Å². The molecule has 0 N–H and O–H groups in total. The SMILES string of the molecule is CC(=O)CN1N=C(c2ccc(Cl)cc2)C[N+]2=C1N=C1C2C(=O)N(C)C(=O)N1C. The lowest BCUT2D eigenvalue weighted by Crippen LogP contribution is -2.62. The van der Waals surface area contributed by atoms with Crippen LogP contribution in [-0.2, 0) is 9.59 Å². The highest BCUT2D eigenvalue weighted by molar-refractivity contribution is 6.30. The van der Waals surface area contributed by atoms with E-state index in [2.05, 4.69) is 10.1 Å². The summed E-state index contributed by atoms with van der Waals surface area (Å²) in [5.74, 6) is 0.258. The summed E-state index contributed by atoms with van der Waals surface area (Å²) in [5.41, 5.74) is 1.50. The first-order valence-corrected chi connectivity index (χ1v) is 9.03. The molecule has 0 aliphatic carbocycles. The quantitative estimate of drug-likeness (QED) is 0.694. The summed E-state index contributed by atoms with van der Waals surface area (Å²) in [6.07, 6.45) is 0. The molecule has 1 aromatic carbocycles. The van der Waals surface area contributed by atoms with E-state index in [-0.39, 0.29) is 18.2 Å². The molecule has 144 valence electrons. The lowest BCUT2D eigenvalue weighted by Gasteiger charge is -2.32. The van der Waals surface area contributed by atoms with E-state index >= 15 is 0 Å². The van der Waals surface area contributed by atoms with Gasteiger partial charge in [-0.1, -0.05) is 28.7 Å². The van der Waals surface area contributed by atoms with E-state index in [4.69, 9.17) is 11.6 Å². The minimum Gasteiger partial charge on any atom is -0.296 e. The molecule has 4 rings (SSSR count). The Hall–Kier alpha value is -3.07. The van der Waals surface area contributed by atoms with Crippen LogP contribution in [0, 0.1) is 0 Å². The van der Waals surface area contributed by atoms with Crippen molar-refractivity contribution in [2.24, 2.45) is 10.1 Å². The Morgan fingerprint density at radius 3 is 2.54 bits per heavy atom. The summed E-state index contributed by atoms with van der Waals surface area (Å²) in [7, 11) is 3.02. The van der Waals surface area contributed by atoms with E-state index in [1.807, 2.05) is 12.1 Å². The highest BCUT2D eigenvalue weighted by Crippen LogP contribution is 2.23. The molecule has 0 bridgehead atoms. The second kappa shape index (κ2) is 6.52. The largest absolute Gasteiger partial charge is 0.417 e. The number of amidine groups is 1. The third-order valence-corrected chi connectivity index (χ3v) is 5.10. The van der Waals surface area contributed by atoms with Crippen LogP contribution in [0.2, 0.25) is 5.02 Å². The molecule has 28 heavy (non-hydrogen) atoms. The molecule has 3 heterocycles. The van der Waals surface area contributed by atoms with Crippen LogP contribution < -0.4 is 0 Å². The summed E-state index contributed by atoms with van der Waals surface area (Å²) in [4.78, 5) is 43.8. The highest BCUT2D eigenvalue weighted by Gasteiger charge is 2.54. The van der Waals surface area contributed by atoms with Gasteiger partial charge in [0.1, 0.15) is 12.3 Å². The molecule has 1 saturated heterocycles. The van der Waals surface area contributed by atoms with Gasteiger partial charge >= 0.3 is 12.0 Å². The van der Waals surface area contributed by atoms with Crippen LogP contribution in [0.1, 0.15) is 12.5 Å². The normalized spacial score (nSPS) is 21.6. The van der Waals surface area contributed by atoms with Crippen LogP contribution in [0.25, 0.3) is 0 Å². The number of halogens is 1. The van der Waals surface area contributed by atoms with Crippen LogP contribution >= 0.6 is 11.6 Å². The Labute approximate surface area is 166 Å². The number of ketones is 1. The van der Waals surface area contributed by atoms with Crippen molar-refractivity contribution in [2.75, 3.05) is 27.2 Å². The summed E-state index contributed by atoms with van der Waals surface area (Å²) in [6.45, 7) is 1.78. The number of Topliss-reactive ketones (excluding diaryl/α,β-unsaturated/α-hetero) is 1. The Kier molecular flexibility index (Phi) is 4.26. The number of hydrazone groups is 1. The molecule has 0 saturated carbocycles. The van der Waals surface area contributed by atoms with Crippen molar-refractivity contribution >= 4 is 46.8 Å². The maximum Gasteiger partial charge on any atom is 0.417 e. The van der Waals surface area contributed by atoms with Gasteiger partial charge in [-0.15, -0.1) is 10.1 Å². The van der Waals surface area contributed by atoms with E-state index in [9.17, 15) is 14.4 Å². The second-order valence-corrected chi connectivity index (χ2v) is 7.29. The molecule has 1 fully saturated rings. The number of carbonyl (C=O) groups excluding carboxylic acids is 3. The van der Waals surface area contributed by atoms with Crippen molar-refractivity contribution in [3.8, 4) is 0 Å². The predicted octanol–water partition coefficient (Wildman–Crippen LogP) is 0.622. The average Bonchev–Trinajstić information content (AvgIpc) is 3.05. The molecule has 10 heteroatoms. The van der Waals surface area contributed by atoms with E-state index in [0.29, 0.717) is 29.1 Å². The first kappa shape index (κ1) is 18.3. The number of benzene rings is 1. The highest BCUT2D eigenvalue weighted by atomic mass is 35.5. The minimum absolute atomic E-state index is 0.00805. The number of carbonyl (C=O) groups is 3. The Morgan fingerprint density at radius 2 is 1.89 bits per heavy atom. The minimum atomic E-state index is -0.741. The van der Waals surface area contributed by atoms with Gasteiger partial charge in [0.15, 0.2) is 12.3 Å². The number of guanidine groups is 1. The summed E-state index contributed by atoms with van der Waals surface area (Å²) in [6, 6.07) is 5.99. The number of fused-ring (bicyclic) bond motifs is 2. The van der Waals surface area contributed by atoms with Crippen LogP contribution in [-0.4, -0.2) is 87.8 Å². The lowest BCUT2D eigenvalue weighted by molar-refractivity contribution is -0.527. The standard InChI is InChI=1S/C18H18ClN6O3/c1-10(26)8-25-17-20-15-14(16(27)23(3)18(28)22(15)2)24(17)9-13(21-25)11-4-6-12(19)7-5-11/h4-7,14H,8-9H2,1-3H3/q+1. The molecule has 1 aromatic rings. The lowest BCUT2D eigenvalue weighted by atomic mass is 10.1. The van der Waals surface area contributed by atoms with E-state index in [1.165, 1.54) is 23.9 Å². The predicted molar refractivity (Wildman–Crippen MR) is 103 cm³/mol. The van der Waals surface area contributed by atoms with E-state index in [0.717, 1.165) is 10.5 Å². The van der Waals surface area contributed by atoms with Crippen molar-refractivity contribution < 1.29 is 19.0 Å².